The summed E-state index contributed by atoms with van der Waals surface area (Å²) in [6, 6.07) is 19.9. The minimum absolute atomic E-state index is 0.107. The molecule has 5 aromatic rings. The number of benzene rings is 2. The highest BCUT2D eigenvalue weighted by molar-refractivity contribution is 7.15. The van der Waals surface area contributed by atoms with E-state index in [-0.39, 0.29) is 17.9 Å². The summed E-state index contributed by atoms with van der Waals surface area (Å²) in [7, 11) is 0. The number of carbonyl (C=O) groups excluding carboxylic acids is 1. The molecule has 36 heavy (non-hydrogen) atoms. The number of amides is 1. The third-order valence-electron chi connectivity index (χ3n) is 6.23. The highest BCUT2D eigenvalue weighted by atomic mass is 32.1. The van der Waals surface area contributed by atoms with Crippen LogP contribution in [0, 0.1) is 20.8 Å². The van der Waals surface area contributed by atoms with Crippen molar-refractivity contribution in [2.24, 2.45) is 0 Å². The lowest BCUT2D eigenvalue weighted by molar-refractivity contribution is -0.120. The number of rotatable bonds is 7. The Balaban J connectivity index is 1.43. The van der Waals surface area contributed by atoms with Gasteiger partial charge in [0.15, 0.2) is 4.96 Å². The minimum atomic E-state index is -0.208. The molecule has 1 N–H and O–H groups in total. The highest BCUT2D eigenvalue weighted by Gasteiger charge is 2.20. The van der Waals surface area contributed by atoms with Crippen molar-refractivity contribution >= 4 is 22.2 Å². The van der Waals surface area contributed by atoms with Crippen molar-refractivity contribution in [3.63, 3.8) is 0 Å². The van der Waals surface area contributed by atoms with Crippen LogP contribution >= 0.6 is 11.3 Å². The van der Waals surface area contributed by atoms with Gasteiger partial charge in [0.2, 0.25) is 5.91 Å². The second kappa shape index (κ2) is 9.91. The second-order valence-corrected chi connectivity index (χ2v) is 9.69. The Labute approximate surface area is 213 Å². The molecule has 0 bridgehead atoms. The molecule has 3 aromatic heterocycles. The van der Waals surface area contributed by atoms with Gasteiger partial charge in [-0.05, 0) is 50.5 Å². The molecule has 7 nitrogen and oxygen atoms in total. The summed E-state index contributed by atoms with van der Waals surface area (Å²) in [6.45, 7) is 6.37. The van der Waals surface area contributed by atoms with E-state index in [9.17, 15) is 9.59 Å². The molecular formula is C28H27N5O2S. The molecule has 0 saturated heterocycles. The van der Waals surface area contributed by atoms with Crippen LogP contribution in [0.15, 0.2) is 70.8 Å². The Morgan fingerprint density at radius 1 is 1.03 bits per heavy atom. The third-order valence-corrected chi connectivity index (χ3v) is 7.10. The average Bonchev–Trinajstić information content (AvgIpc) is 3.43. The molecule has 0 atom stereocenters. The van der Waals surface area contributed by atoms with Gasteiger partial charge in [-0.2, -0.15) is 5.10 Å². The van der Waals surface area contributed by atoms with E-state index in [0.717, 1.165) is 23.4 Å². The van der Waals surface area contributed by atoms with Crippen molar-refractivity contribution in [1.29, 1.82) is 0 Å². The molecule has 8 heteroatoms. The van der Waals surface area contributed by atoms with Gasteiger partial charge in [0.05, 0.1) is 23.4 Å². The minimum Gasteiger partial charge on any atom is -0.355 e. The zero-order valence-corrected chi connectivity index (χ0v) is 21.3. The van der Waals surface area contributed by atoms with E-state index in [0.29, 0.717) is 34.2 Å². The summed E-state index contributed by atoms with van der Waals surface area (Å²) in [5.41, 5.74) is 6.21. The van der Waals surface area contributed by atoms with Gasteiger partial charge in [-0.15, -0.1) is 11.3 Å². The van der Waals surface area contributed by atoms with Gasteiger partial charge in [-0.1, -0.05) is 48.5 Å². The molecule has 0 saturated carbocycles. The maximum absolute atomic E-state index is 13.7. The van der Waals surface area contributed by atoms with E-state index in [4.69, 9.17) is 5.10 Å². The van der Waals surface area contributed by atoms with Gasteiger partial charge in [0, 0.05) is 23.3 Å². The molecule has 0 aliphatic heterocycles. The number of nitrogens with zero attached hydrogens (tertiary/aromatic N) is 4. The van der Waals surface area contributed by atoms with Crippen LogP contribution in [0.4, 0.5) is 0 Å². The number of thiazole rings is 1. The first-order valence-corrected chi connectivity index (χ1v) is 12.7. The normalized spacial score (nSPS) is 11.2. The standard InChI is InChI=1S/C28H27N5O2S/c1-18-9-7-8-12-24(18)33-19(2)15-23(31-33)26-20(3)30-28-32(27(26)35)22(17-36-28)16-25(34)29-14-13-21-10-5-4-6-11-21/h4-12,15,17H,13-14,16H2,1-3H3,(H,29,34). The van der Waals surface area contributed by atoms with Crippen LogP contribution in [0.1, 0.15) is 28.2 Å². The first-order chi connectivity index (χ1) is 17.4. The van der Waals surface area contributed by atoms with E-state index < -0.39 is 0 Å². The summed E-state index contributed by atoms with van der Waals surface area (Å²) >= 11 is 1.36. The fourth-order valence-corrected chi connectivity index (χ4v) is 5.31. The van der Waals surface area contributed by atoms with E-state index in [2.05, 4.69) is 10.3 Å². The van der Waals surface area contributed by atoms with Gasteiger partial charge < -0.3 is 5.32 Å². The molecule has 0 radical (unpaired) electrons. The lowest BCUT2D eigenvalue weighted by Crippen LogP contribution is -2.29. The Hall–Kier alpha value is -4.04. The number of para-hydroxylation sites is 1. The van der Waals surface area contributed by atoms with Crippen LogP contribution in [-0.2, 0) is 17.6 Å². The smallest absolute Gasteiger partial charge is 0.268 e. The first kappa shape index (κ1) is 23.7. The zero-order chi connectivity index (χ0) is 25.2. The Morgan fingerprint density at radius 3 is 2.56 bits per heavy atom. The summed E-state index contributed by atoms with van der Waals surface area (Å²) in [6.07, 6.45) is 0.861. The van der Waals surface area contributed by atoms with Crippen molar-refractivity contribution in [1.82, 2.24) is 24.5 Å². The zero-order valence-electron chi connectivity index (χ0n) is 20.5. The Bertz CT molecular complexity index is 1610. The molecule has 1 amide bonds. The molecular weight excluding hydrogens is 470 g/mol. The quantitative estimate of drug-likeness (QED) is 0.361. The molecule has 0 aliphatic rings. The van der Waals surface area contributed by atoms with Crippen LogP contribution < -0.4 is 10.9 Å². The van der Waals surface area contributed by atoms with Gasteiger partial charge in [0.25, 0.3) is 5.56 Å². The lowest BCUT2D eigenvalue weighted by Gasteiger charge is -2.08. The molecule has 0 spiro atoms. The molecule has 0 aliphatic carbocycles. The van der Waals surface area contributed by atoms with Crippen LogP contribution in [0.5, 0.6) is 0 Å². The van der Waals surface area contributed by atoms with Crippen molar-refractivity contribution in [3.05, 3.63) is 105 Å². The van der Waals surface area contributed by atoms with Crippen molar-refractivity contribution in [3.8, 4) is 16.9 Å². The fraction of sp³-hybridized carbons (Fsp3) is 0.214. The Morgan fingerprint density at radius 2 is 1.78 bits per heavy atom. The Kier molecular flexibility index (Phi) is 6.52. The van der Waals surface area contributed by atoms with Gasteiger partial charge >= 0.3 is 0 Å². The number of aromatic nitrogens is 4. The fourth-order valence-electron chi connectivity index (χ4n) is 4.38. The lowest BCUT2D eigenvalue weighted by atomic mass is 10.1. The van der Waals surface area contributed by atoms with Gasteiger partial charge in [-0.3, -0.25) is 14.0 Å². The van der Waals surface area contributed by atoms with Crippen LogP contribution in [-0.4, -0.2) is 31.6 Å². The van der Waals surface area contributed by atoms with Crippen molar-refractivity contribution in [2.75, 3.05) is 6.54 Å². The van der Waals surface area contributed by atoms with Crippen LogP contribution in [0.25, 0.3) is 21.9 Å². The molecule has 5 rings (SSSR count). The van der Waals surface area contributed by atoms with E-state index in [1.54, 1.807) is 4.40 Å². The number of aryl methyl sites for hydroxylation is 3. The summed E-state index contributed by atoms with van der Waals surface area (Å²) in [5, 5.41) is 9.57. The number of hydrogen-bond acceptors (Lipinski definition) is 5. The van der Waals surface area contributed by atoms with E-state index in [1.165, 1.54) is 16.9 Å². The van der Waals surface area contributed by atoms with Crippen LogP contribution in [0.3, 0.4) is 0 Å². The molecule has 182 valence electrons. The van der Waals surface area contributed by atoms with Gasteiger partial charge in [0.1, 0.15) is 5.69 Å². The largest absolute Gasteiger partial charge is 0.355 e. The summed E-state index contributed by atoms with van der Waals surface area (Å²) in [4.78, 5) is 31.6. The van der Waals surface area contributed by atoms with E-state index in [1.807, 2.05) is 91.5 Å². The third kappa shape index (κ3) is 4.59. The maximum Gasteiger partial charge on any atom is 0.268 e. The first-order valence-electron chi connectivity index (χ1n) is 11.9. The van der Waals surface area contributed by atoms with Crippen molar-refractivity contribution in [2.45, 2.75) is 33.6 Å². The van der Waals surface area contributed by atoms with Crippen LogP contribution in [0.2, 0.25) is 0 Å². The molecule has 0 unspecified atom stereocenters. The molecule has 2 aromatic carbocycles. The monoisotopic (exact) mass is 497 g/mol. The summed E-state index contributed by atoms with van der Waals surface area (Å²) in [5.74, 6) is -0.126. The topological polar surface area (TPSA) is 81.3 Å². The predicted octanol–water partition coefficient (Wildman–Crippen LogP) is 4.44. The number of hydrogen-bond donors (Lipinski definition) is 1. The average molecular weight is 498 g/mol. The molecule has 0 fully saturated rings. The van der Waals surface area contributed by atoms with E-state index >= 15 is 0 Å². The molecule has 3 heterocycles. The van der Waals surface area contributed by atoms with Crippen molar-refractivity contribution < 1.29 is 4.79 Å². The summed E-state index contributed by atoms with van der Waals surface area (Å²) < 4.78 is 3.40. The second-order valence-electron chi connectivity index (χ2n) is 8.85. The number of fused-ring (bicyclic) bond motifs is 1. The number of nitrogens with one attached hydrogen (secondary N) is 1. The SMILES string of the molecule is Cc1ccccc1-n1nc(-c2c(C)nc3scc(CC(=O)NCCc4ccccc4)n3c2=O)cc1C. The highest BCUT2D eigenvalue weighted by Crippen LogP contribution is 2.24. The predicted molar refractivity (Wildman–Crippen MR) is 143 cm³/mol. The number of carbonyl (C=O) groups is 1. The van der Waals surface area contributed by atoms with Gasteiger partial charge in [-0.25, -0.2) is 9.67 Å². The maximum atomic E-state index is 13.7.